The van der Waals surface area contributed by atoms with Crippen LogP contribution in [0.5, 0.6) is 0 Å². The first-order valence-electron chi connectivity index (χ1n) is 11.3. The summed E-state index contributed by atoms with van der Waals surface area (Å²) in [6.07, 6.45) is 4.18. The minimum absolute atomic E-state index is 0.0136. The van der Waals surface area contributed by atoms with Gasteiger partial charge in [0.25, 0.3) is 5.91 Å². The lowest BCUT2D eigenvalue weighted by atomic mass is 9.59. The Balaban J connectivity index is 1.43. The van der Waals surface area contributed by atoms with Gasteiger partial charge >= 0.3 is 0 Å². The van der Waals surface area contributed by atoms with Crippen molar-refractivity contribution in [1.29, 1.82) is 0 Å². The molecule has 1 saturated heterocycles. The molecule has 2 aliphatic carbocycles. The number of hydrogen-bond donors (Lipinski definition) is 2. The van der Waals surface area contributed by atoms with Crippen LogP contribution in [0.1, 0.15) is 69.6 Å². The summed E-state index contributed by atoms with van der Waals surface area (Å²) in [7, 11) is 0. The van der Waals surface area contributed by atoms with Crippen LogP contribution < -0.4 is 10.6 Å². The Labute approximate surface area is 178 Å². The molecule has 0 unspecified atom stereocenters. The molecule has 0 aromatic carbocycles. The molecule has 30 heavy (non-hydrogen) atoms. The number of rotatable bonds is 6. The number of aryl methyl sites for hydroxylation is 1. The Morgan fingerprint density at radius 3 is 2.77 bits per heavy atom. The van der Waals surface area contributed by atoms with Crippen LogP contribution in [0.15, 0.2) is 10.6 Å². The normalized spacial score (nSPS) is 34.1. The van der Waals surface area contributed by atoms with Crippen LogP contribution in [0.3, 0.4) is 0 Å². The highest BCUT2D eigenvalue weighted by Crippen LogP contribution is 2.68. The number of ether oxygens (including phenoxy) is 1. The molecular weight excluding hydrogens is 382 g/mol. The largest absolute Gasteiger partial charge is 0.378 e. The molecule has 3 fully saturated rings. The van der Waals surface area contributed by atoms with Crippen LogP contribution in [0.2, 0.25) is 0 Å². The van der Waals surface area contributed by atoms with E-state index in [1.807, 2.05) is 13.8 Å². The molecule has 2 heterocycles. The van der Waals surface area contributed by atoms with Gasteiger partial charge in [-0.25, -0.2) is 0 Å². The summed E-state index contributed by atoms with van der Waals surface area (Å²) in [4.78, 5) is 24.8. The molecule has 1 aromatic heterocycles. The van der Waals surface area contributed by atoms with Crippen molar-refractivity contribution < 1.29 is 18.8 Å². The van der Waals surface area contributed by atoms with Gasteiger partial charge in [0.1, 0.15) is 0 Å². The summed E-state index contributed by atoms with van der Waals surface area (Å²) in [5, 5.41) is 10.1. The number of amides is 2. The summed E-state index contributed by atoms with van der Waals surface area (Å²) in [5.41, 5.74) is 0.895. The molecule has 4 rings (SSSR count). The average molecular weight is 418 g/mol. The predicted molar refractivity (Wildman–Crippen MR) is 112 cm³/mol. The number of nitrogens with one attached hydrogen (secondary N) is 2. The summed E-state index contributed by atoms with van der Waals surface area (Å²) < 4.78 is 11.2. The summed E-state index contributed by atoms with van der Waals surface area (Å²) in [5.74, 6) is 1.15. The molecule has 2 saturated carbocycles. The van der Waals surface area contributed by atoms with Crippen LogP contribution in [0.25, 0.3) is 0 Å². The molecule has 2 bridgehead atoms. The minimum Gasteiger partial charge on any atom is -0.378 e. The van der Waals surface area contributed by atoms with Crippen molar-refractivity contribution in [3.63, 3.8) is 0 Å². The van der Waals surface area contributed by atoms with Gasteiger partial charge in [-0.2, -0.15) is 0 Å². The molecule has 0 radical (unpaired) electrons. The van der Waals surface area contributed by atoms with Crippen molar-refractivity contribution in [2.45, 2.75) is 72.4 Å². The summed E-state index contributed by atoms with van der Waals surface area (Å²) in [6.45, 7) is 11.6. The molecule has 3 aliphatic rings. The van der Waals surface area contributed by atoms with Gasteiger partial charge in [0.2, 0.25) is 11.7 Å². The Bertz CT molecular complexity index is 817. The number of carbonyl (C=O) groups is 2. The fourth-order valence-corrected chi connectivity index (χ4v) is 6.39. The predicted octanol–water partition coefficient (Wildman–Crippen LogP) is 3.09. The second-order valence-electron chi connectivity index (χ2n) is 10.4. The van der Waals surface area contributed by atoms with Crippen LogP contribution in [0, 0.1) is 35.5 Å². The third-order valence-electron chi connectivity index (χ3n) is 8.00. The van der Waals surface area contributed by atoms with Crippen molar-refractivity contribution >= 4 is 11.8 Å². The van der Waals surface area contributed by atoms with Gasteiger partial charge in [-0.3, -0.25) is 9.59 Å². The highest BCUT2D eigenvalue weighted by atomic mass is 16.5. The topological polar surface area (TPSA) is 93.5 Å². The average Bonchev–Trinajstić information content (AvgIpc) is 3.34. The van der Waals surface area contributed by atoms with E-state index in [1.165, 1.54) is 0 Å². The van der Waals surface area contributed by atoms with E-state index in [0.717, 1.165) is 25.7 Å². The molecule has 2 N–H and O–H groups in total. The van der Waals surface area contributed by atoms with Gasteiger partial charge in [-0.05, 0) is 55.3 Å². The number of aromatic nitrogens is 1. The zero-order valence-electron chi connectivity index (χ0n) is 18.8. The number of hydrogen-bond acceptors (Lipinski definition) is 5. The highest BCUT2D eigenvalue weighted by Gasteiger charge is 2.68. The van der Waals surface area contributed by atoms with Crippen LogP contribution in [0.4, 0.5) is 0 Å². The van der Waals surface area contributed by atoms with Crippen molar-refractivity contribution in [3.05, 3.63) is 17.5 Å². The van der Waals surface area contributed by atoms with Crippen LogP contribution in [-0.2, 0) is 9.53 Å². The van der Waals surface area contributed by atoms with Gasteiger partial charge in [0.15, 0.2) is 0 Å². The molecule has 7 heteroatoms. The van der Waals surface area contributed by atoms with E-state index in [9.17, 15) is 9.59 Å². The Morgan fingerprint density at radius 1 is 1.33 bits per heavy atom. The van der Waals surface area contributed by atoms with Crippen LogP contribution >= 0.6 is 0 Å². The van der Waals surface area contributed by atoms with Crippen LogP contribution in [-0.4, -0.2) is 42.3 Å². The number of fused-ring (bicyclic) bond motifs is 1. The molecule has 5 atom stereocenters. The van der Waals surface area contributed by atoms with Gasteiger partial charge in [0, 0.05) is 31.2 Å². The molecule has 1 aromatic rings. The quantitative estimate of drug-likeness (QED) is 0.742. The second kappa shape index (κ2) is 7.66. The summed E-state index contributed by atoms with van der Waals surface area (Å²) in [6, 6.07) is 1.82. The minimum atomic E-state index is -0.239. The van der Waals surface area contributed by atoms with E-state index in [4.69, 9.17) is 9.26 Å². The maximum atomic E-state index is 12.6. The monoisotopic (exact) mass is 417 g/mol. The fourth-order valence-electron chi connectivity index (χ4n) is 6.39. The van der Waals surface area contributed by atoms with Gasteiger partial charge in [-0.15, -0.1) is 0 Å². The number of nitrogens with zero attached hydrogens (tertiary/aromatic N) is 1. The molecular formula is C23H35N3O4. The smallest absolute Gasteiger partial charge is 0.289 e. The van der Waals surface area contributed by atoms with Gasteiger partial charge in [0.05, 0.1) is 11.8 Å². The van der Waals surface area contributed by atoms with Crippen molar-refractivity contribution in [1.82, 2.24) is 15.8 Å². The number of carbonyl (C=O) groups excluding carboxylic acids is 2. The van der Waals surface area contributed by atoms with Crippen molar-refractivity contribution in [2.75, 3.05) is 13.2 Å². The molecule has 166 valence electrons. The lowest BCUT2D eigenvalue weighted by Gasteiger charge is -2.53. The Hall–Kier alpha value is -1.89. The van der Waals surface area contributed by atoms with E-state index in [-0.39, 0.29) is 46.5 Å². The highest BCUT2D eigenvalue weighted by molar-refractivity contribution is 5.91. The Morgan fingerprint density at radius 2 is 2.10 bits per heavy atom. The zero-order chi connectivity index (χ0) is 21.7. The molecule has 2 amide bonds. The lowest BCUT2D eigenvalue weighted by molar-refractivity contribution is -0.138. The van der Waals surface area contributed by atoms with E-state index in [0.29, 0.717) is 30.7 Å². The standard InChI is InChI=1S/C23H35N3O4/c1-13(2)19(27)25-21-22(4,5)15-11-16-17(29-9-7-23(16,21)12-15)6-8-24-20(28)18-10-14(3)26-30-18/h10,13,15-17,21H,6-9,11-12H2,1-5H3,(H,24,28)(H,25,27)/t15-,16-,17-,21+,23-/m1/s1. The molecule has 1 spiro atoms. The van der Waals surface area contributed by atoms with Gasteiger partial charge < -0.3 is 19.9 Å². The second-order valence-corrected chi connectivity index (χ2v) is 10.4. The van der Waals surface area contributed by atoms with E-state index < -0.39 is 0 Å². The molecule has 7 nitrogen and oxygen atoms in total. The SMILES string of the molecule is Cc1cc(C(=O)NCC[C@H]2OCC[C@@]34C[C@@H](C[C@H]23)C(C)(C)[C@@H]4NC(=O)C(C)C)on1. The van der Waals surface area contributed by atoms with E-state index >= 15 is 0 Å². The maximum absolute atomic E-state index is 12.6. The van der Waals surface area contributed by atoms with E-state index in [2.05, 4.69) is 29.6 Å². The zero-order valence-corrected chi connectivity index (χ0v) is 18.8. The van der Waals surface area contributed by atoms with Crippen molar-refractivity contribution in [2.24, 2.45) is 28.6 Å². The first kappa shape index (κ1) is 21.3. The fraction of sp³-hybridized carbons (Fsp3) is 0.783. The third-order valence-corrected chi connectivity index (χ3v) is 8.00. The third kappa shape index (κ3) is 3.45. The van der Waals surface area contributed by atoms with Crippen molar-refractivity contribution in [3.8, 4) is 0 Å². The first-order chi connectivity index (χ1) is 14.1. The summed E-state index contributed by atoms with van der Waals surface area (Å²) >= 11 is 0. The lowest BCUT2D eigenvalue weighted by Crippen LogP contribution is -2.60. The first-order valence-corrected chi connectivity index (χ1v) is 11.3. The maximum Gasteiger partial charge on any atom is 0.289 e. The van der Waals surface area contributed by atoms with E-state index in [1.54, 1.807) is 13.0 Å². The van der Waals surface area contributed by atoms with Gasteiger partial charge in [-0.1, -0.05) is 32.9 Å². The Kier molecular flexibility index (Phi) is 5.45. The molecule has 1 aliphatic heterocycles.